The normalized spacial score (nSPS) is 22.5. The van der Waals surface area contributed by atoms with Crippen molar-refractivity contribution < 1.29 is 23.0 Å². The summed E-state index contributed by atoms with van der Waals surface area (Å²) in [4.78, 5) is 1.69. The van der Waals surface area contributed by atoms with E-state index in [1.165, 1.54) is 0 Å². The quantitative estimate of drug-likeness (QED) is 0.456. The van der Waals surface area contributed by atoms with Gasteiger partial charge in [0.2, 0.25) is 0 Å². The predicted molar refractivity (Wildman–Crippen MR) is 136 cm³/mol. The summed E-state index contributed by atoms with van der Waals surface area (Å²) in [6.45, 7) is 3.26. The molecule has 3 aromatic carbocycles. The zero-order valence-corrected chi connectivity index (χ0v) is 20.3. The first-order valence-corrected chi connectivity index (χ1v) is 12.3. The monoisotopic (exact) mass is 496 g/mol. The van der Waals surface area contributed by atoms with Crippen molar-refractivity contribution in [3.63, 3.8) is 0 Å². The molecule has 2 heterocycles. The number of nitrogens with zero attached hydrogens (tertiary/aromatic N) is 1. The van der Waals surface area contributed by atoms with Gasteiger partial charge in [-0.15, -0.1) is 0 Å². The second-order valence-electron chi connectivity index (χ2n) is 9.99. The van der Waals surface area contributed by atoms with Crippen LogP contribution in [0.5, 0.6) is 0 Å². The molecule has 0 spiro atoms. The van der Waals surface area contributed by atoms with Gasteiger partial charge < -0.3 is 20.1 Å². The summed E-state index contributed by atoms with van der Waals surface area (Å²) in [6.07, 6.45) is -5.54. The Morgan fingerprint density at radius 3 is 2.64 bits per heavy atom. The van der Waals surface area contributed by atoms with Crippen LogP contribution in [-0.2, 0) is 16.6 Å². The lowest BCUT2D eigenvalue weighted by molar-refractivity contribution is -0.200. The Morgan fingerprint density at radius 1 is 1.08 bits per heavy atom. The van der Waals surface area contributed by atoms with Crippen molar-refractivity contribution in [3.8, 4) is 0 Å². The lowest BCUT2D eigenvalue weighted by Gasteiger charge is -2.33. The Labute approximate surface area is 209 Å². The molecule has 2 unspecified atom stereocenters. The van der Waals surface area contributed by atoms with Crippen LogP contribution in [0.25, 0.3) is 0 Å². The molecule has 0 aliphatic carbocycles. The molecule has 3 atom stereocenters. The van der Waals surface area contributed by atoms with E-state index < -0.39 is 24.2 Å². The number of aryl methyl sites for hydroxylation is 1. The fraction of sp³-hybridized carbons (Fsp3) is 0.379. The van der Waals surface area contributed by atoms with E-state index in [0.717, 1.165) is 46.7 Å². The summed E-state index contributed by atoms with van der Waals surface area (Å²) in [5, 5.41) is 13.5. The molecule has 7 heteroatoms. The third-order valence-electron chi connectivity index (χ3n) is 7.30. The van der Waals surface area contributed by atoms with E-state index >= 15 is 0 Å². The topological polar surface area (TPSA) is 44.7 Å². The van der Waals surface area contributed by atoms with Gasteiger partial charge in [0, 0.05) is 29.9 Å². The average molecular weight is 497 g/mol. The van der Waals surface area contributed by atoms with Crippen molar-refractivity contribution in [1.29, 1.82) is 0 Å². The number of aliphatic hydroxyl groups excluding tert-OH is 1. The zero-order chi connectivity index (χ0) is 25.3. The highest BCUT2D eigenvalue weighted by molar-refractivity contribution is 5.68. The van der Waals surface area contributed by atoms with Crippen LogP contribution in [0, 0.1) is 6.92 Å². The number of para-hydroxylation sites is 1. The van der Waals surface area contributed by atoms with Crippen molar-refractivity contribution in [1.82, 2.24) is 0 Å². The van der Waals surface area contributed by atoms with Crippen LogP contribution in [0.15, 0.2) is 72.8 Å². The first-order chi connectivity index (χ1) is 17.2. The SMILES string of the molecule is Cc1cccc(CC2(c3cccc(NC4CCOC4)c3)CN(C[C@@H](O)C(F)(F)F)c3ccccc32)c1. The standard InChI is InChI=1S/C29H31F3N2O2/c1-20-6-4-7-21(14-20)16-28(22-8-5-9-23(15-22)33-24-12-13-36-18-24)19-34(17-27(35)29(30,31)32)26-11-3-2-10-25(26)28/h2-11,14-15,24,27,33,35H,12-13,16-19H2,1H3/t24?,27-,28?/m1/s1. The van der Waals surface area contributed by atoms with Crippen molar-refractivity contribution in [2.75, 3.05) is 36.5 Å². The molecule has 0 radical (unpaired) electrons. The maximum absolute atomic E-state index is 13.3. The van der Waals surface area contributed by atoms with E-state index in [1.54, 1.807) is 4.90 Å². The van der Waals surface area contributed by atoms with Crippen LogP contribution in [-0.4, -0.2) is 49.7 Å². The number of aliphatic hydroxyl groups is 1. The molecule has 1 fully saturated rings. The van der Waals surface area contributed by atoms with Crippen molar-refractivity contribution in [3.05, 3.63) is 95.1 Å². The maximum Gasteiger partial charge on any atom is 0.416 e. The number of anilines is 2. The van der Waals surface area contributed by atoms with E-state index in [0.29, 0.717) is 19.6 Å². The minimum Gasteiger partial charge on any atom is -0.382 e. The molecular weight excluding hydrogens is 465 g/mol. The Balaban J connectivity index is 1.58. The van der Waals surface area contributed by atoms with Gasteiger partial charge in [0.15, 0.2) is 6.10 Å². The summed E-state index contributed by atoms with van der Waals surface area (Å²) in [5.41, 5.74) is 5.38. The fourth-order valence-electron chi connectivity index (χ4n) is 5.59. The largest absolute Gasteiger partial charge is 0.416 e. The minimum absolute atomic E-state index is 0.238. The number of hydrogen-bond donors (Lipinski definition) is 2. The molecule has 0 aromatic heterocycles. The third-order valence-corrected chi connectivity index (χ3v) is 7.30. The number of nitrogens with one attached hydrogen (secondary N) is 1. The highest BCUT2D eigenvalue weighted by Gasteiger charge is 2.47. The van der Waals surface area contributed by atoms with Gasteiger partial charge in [-0.2, -0.15) is 13.2 Å². The molecule has 0 amide bonds. The Morgan fingerprint density at radius 2 is 1.89 bits per heavy atom. The van der Waals surface area contributed by atoms with E-state index in [9.17, 15) is 18.3 Å². The summed E-state index contributed by atoms with van der Waals surface area (Å²) >= 11 is 0. The number of alkyl halides is 3. The lowest BCUT2D eigenvalue weighted by Crippen LogP contribution is -2.44. The number of ether oxygens (including phenoxy) is 1. The van der Waals surface area contributed by atoms with Gasteiger partial charge in [0.05, 0.1) is 19.2 Å². The molecule has 2 aliphatic heterocycles. The molecular formula is C29H31F3N2O2. The number of β-amino-alcohol motifs (C(OH)–C–C–N with tert-alkyl or cyclic N) is 1. The van der Waals surface area contributed by atoms with E-state index in [1.807, 2.05) is 55.5 Å². The van der Waals surface area contributed by atoms with E-state index in [-0.39, 0.29) is 6.04 Å². The number of hydrogen-bond acceptors (Lipinski definition) is 4. The Hall–Kier alpha value is -3.03. The number of fused-ring (bicyclic) bond motifs is 1. The lowest BCUT2D eigenvalue weighted by atomic mass is 9.71. The van der Waals surface area contributed by atoms with Crippen molar-refractivity contribution in [2.45, 2.75) is 43.5 Å². The highest BCUT2D eigenvalue weighted by atomic mass is 19.4. The van der Waals surface area contributed by atoms with Crippen LogP contribution in [0.1, 0.15) is 28.7 Å². The van der Waals surface area contributed by atoms with Crippen molar-refractivity contribution in [2.24, 2.45) is 0 Å². The van der Waals surface area contributed by atoms with Crippen LogP contribution < -0.4 is 10.2 Å². The van der Waals surface area contributed by atoms with Crippen LogP contribution in [0.3, 0.4) is 0 Å². The van der Waals surface area contributed by atoms with Crippen LogP contribution >= 0.6 is 0 Å². The molecule has 190 valence electrons. The van der Waals surface area contributed by atoms with Gasteiger partial charge in [-0.3, -0.25) is 0 Å². The molecule has 2 aliphatic rings. The van der Waals surface area contributed by atoms with E-state index in [2.05, 4.69) is 29.6 Å². The summed E-state index contributed by atoms with van der Waals surface area (Å²) in [7, 11) is 0. The number of halogens is 3. The fourth-order valence-corrected chi connectivity index (χ4v) is 5.59. The van der Waals surface area contributed by atoms with Crippen molar-refractivity contribution >= 4 is 11.4 Å². The van der Waals surface area contributed by atoms with E-state index in [4.69, 9.17) is 4.74 Å². The Kier molecular flexibility index (Phi) is 6.70. The smallest absolute Gasteiger partial charge is 0.382 e. The Bertz CT molecular complexity index is 1210. The molecule has 1 saturated heterocycles. The predicted octanol–water partition coefficient (Wildman–Crippen LogP) is 5.47. The zero-order valence-electron chi connectivity index (χ0n) is 20.3. The first kappa shape index (κ1) is 24.7. The van der Waals surface area contributed by atoms with Gasteiger partial charge in [0.1, 0.15) is 0 Å². The first-order valence-electron chi connectivity index (χ1n) is 12.3. The molecule has 3 aromatic rings. The minimum atomic E-state index is -4.68. The molecule has 2 N–H and O–H groups in total. The van der Waals surface area contributed by atoms with Crippen LogP contribution in [0.2, 0.25) is 0 Å². The third kappa shape index (κ3) is 4.95. The summed E-state index contributed by atoms with van der Waals surface area (Å²) in [5.74, 6) is 0. The molecule has 4 nitrogen and oxygen atoms in total. The van der Waals surface area contributed by atoms with Gasteiger partial charge in [0.25, 0.3) is 0 Å². The van der Waals surface area contributed by atoms with Gasteiger partial charge in [-0.1, -0.05) is 60.2 Å². The summed E-state index contributed by atoms with van der Waals surface area (Å²) < 4.78 is 45.5. The molecule has 0 saturated carbocycles. The molecule has 0 bridgehead atoms. The number of benzene rings is 3. The highest BCUT2D eigenvalue weighted by Crippen LogP contribution is 2.48. The van der Waals surface area contributed by atoms with Gasteiger partial charge in [-0.05, 0) is 54.7 Å². The van der Waals surface area contributed by atoms with Crippen LogP contribution in [0.4, 0.5) is 24.5 Å². The maximum atomic E-state index is 13.3. The van der Waals surface area contributed by atoms with Gasteiger partial charge in [-0.25, -0.2) is 0 Å². The van der Waals surface area contributed by atoms with Gasteiger partial charge >= 0.3 is 6.18 Å². The summed E-state index contributed by atoms with van der Waals surface area (Å²) in [6, 6.07) is 24.3. The second-order valence-corrected chi connectivity index (χ2v) is 9.99. The molecule has 5 rings (SSSR count). The molecule has 36 heavy (non-hydrogen) atoms. The number of rotatable bonds is 7. The average Bonchev–Trinajstić information content (AvgIpc) is 3.46. The second kappa shape index (κ2) is 9.79.